The number of hydrogen-bond donors (Lipinski definition) is 0. The predicted octanol–water partition coefficient (Wildman–Crippen LogP) is 5.04. The van der Waals surface area contributed by atoms with Crippen molar-refractivity contribution >= 4 is 22.6 Å². The van der Waals surface area contributed by atoms with Gasteiger partial charge in [-0.1, -0.05) is 46.2 Å². The van der Waals surface area contributed by atoms with Crippen molar-refractivity contribution in [3.63, 3.8) is 0 Å². The zero-order valence-corrected chi connectivity index (χ0v) is 22.3. The van der Waals surface area contributed by atoms with Crippen LogP contribution in [0.5, 0.6) is 17.2 Å². The van der Waals surface area contributed by atoms with Gasteiger partial charge in [-0.2, -0.15) is 0 Å². The summed E-state index contributed by atoms with van der Waals surface area (Å²) >= 11 is 0. The van der Waals surface area contributed by atoms with Gasteiger partial charge in [0.1, 0.15) is 5.75 Å². The minimum absolute atomic E-state index is 0.0938. The van der Waals surface area contributed by atoms with Gasteiger partial charge in [0, 0.05) is 11.9 Å². The van der Waals surface area contributed by atoms with Crippen molar-refractivity contribution in [1.82, 2.24) is 9.47 Å². The summed E-state index contributed by atoms with van der Waals surface area (Å²) in [6.45, 7) is 8.84. The fourth-order valence-electron chi connectivity index (χ4n) is 4.60. The van der Waals surface area contributed by atoms with Gasteiger partial charge < -0.3 is 18.8 Å². The van der Waals surface area contributed by atoms with Crippen LogP contribution in [0.2, 0.25) is 0 Å². The van der Waals surface area contributed by atoms with Crippen molar-refractivity contribution in [3.8, 4) is 17.2 Å². The van der Waals surface area contributed by atoms with E-state index >= 15 is 0 Å². The molecule has 0 saturated carbocycles. The van der Waals surface area contributed by atoms with Crippen molar-refractivity contribution < 1.29 is 23.8 Å². The summed E-state index contributed by atoms with van der Waals surface area (Å²) in [6, 6.07) is 10.1. The Morgan fingerprint density at radius 1 is 0.865 bits per heavy atom. The van der Waals surface area contributed by atoms with Gasteiger partial charge in [-0.25, -0.2) is 0 Å². The van der Waals surface area contributed by atoms with E-state index in [0.717, 1.165) is 12.8 Å². The van der Waals surface area contributed by atoms with E-state index in [4.69, 9.17) is 14.2 Å². The maximum Gasteiger partial charge on any atom is 0.261 e. The third-order valence-corrected chi connectivity index (χ3v) is 6.39. The molecule has 1 aromatic heterocycles. The Bertz CT molecular complexity index is 1380. The first-order chi connectivity index (χ1) is 17.6. The van der Waals surface area contributed by atoms with E-state index in [1.54, 1.807) is 41.0 Å². The van der Waals surface area contributed by atoms with Gasteiger partial charge in [0.05, 0.1) is 49.6 Å². The largest absolute Gasteiger partial charge is 0.493 e. The maximum atomic E-state index is 14.0. The summed E-state index contributed by atoms with van der Waals surface area (Å²) < 4.78 is 19.0. The van der Waals surface area contributed by atoms with E-state index in [1.165, 1.54) is 19.1 Å². The number of benzene rings is 2. The number of methoxy groups -OCH3 is 2. The highest BCUT2D eigenvalue weighted by molar-refractivity contribution is 6.21. The normalized spacial score (nSPS) is 13.3. The number of unbranched alkanes of at least 4 members (excludes halogenated alkanes) is 1. The number of nitrogens with zero attached hydrogens (tertiary/aromatic N) is 2. The van der Waals surface area contributed by atoms with E-state index in [-0.39, 0.29) is 29.3 Å². The molecule has 0 aliphatic carbocycles. The molecule has 2 aromatic carbocycles. The van der Waals surface area contributed by atoms with Crippen LogP contribution in [0.4, 0.5) is 0 Å². The molecule has 37 heavy (non-hydrogen) atoms. The molecular weight excluding hydrogens is 472 g/mol. The number of pyridine rings is 1. The van der Waals surface area contributed by atoms with Crippen LogP contribution in [-0.4, -0.2) is 42.1 Å². The molecule has 2 amide bonds. The van der Waals surface area contributed by atoms with E-state index in [0.29, 0.717) is 58.0 Å². The third-order valence-electron chi connectivity index (χ3n) is 6.39. The second-order valence-corrected chi connectivity index (χ2v) is 10.4. The summed E-state index contributed by atoms with van der Waals surface area (Å²) in [5.41, 5.74) is 0.673. The molecule has 8 nitrogen and oxygen atoms in total. The lowest BCUT2D eigenvalue weighted by atomic mass is 9.96. The topological polar surface area (TPSA) is 87.1 Å². The van der Waals surface area contributed by atoms with Crippen LogP contribution in [0, 0.1) is 5.41 Å². The third kappa shape index (κ3) is 4.92. The lowest BCUT2D eigenvalue weighted by Crippen LogP contribution is -2.36. The van der Waals surface area contributed by atoms with Gasteiger partial charge in [-0.3, -0.25) is 19.3 Å². The number of aromatic nitrogens is 1. The average Bonchev–Trinajstić information content (AvgIpc) is 3.11. The molecule has 0 fully saturated rings. The van der Waals surface area contributed by atoms with Crippen molar-refractivity contribution in [3.05, 3.63) is 63.6 Å². The molecule has 4 rings (SSSR count). The van der Waals surface area contributed by atoms with Crippen molar-refractivity contribution in [1.29, 1.82) is 0 Å². The first-order valence-corrected chi connectivity index (χ1v) is 12.5. The van der Waals surface area contributed by atoms with Gasteiger partial charge in [0.15, 0.2) is 11.5 Å². The quantitative estimate of drug-likeness (QED) is 0.299. The number of rotatable bonds is 9. The Hall–Kier alpha value is -3.81. The zero-order valence-electron chi connectivity index (χ0n) is 22.3. The van der Waals surface area contributed by atoms with Crippen molar-refractivity contribution in [2.75, 3.05) is 20.8 Å². The number of carbonyl (C=O) groups is 2. The molecule has 0 N–H and O–H groups in total. The molecule has 0 saturated heterocycles. The second kappa shape index (κ2) is 10.3. The van der Waals surface area contributed by atoms with Gasteiger partial charge in [0.2, 0.25) is 0 Å². The first kappa shape index (κ1) is 26.3. The standard InChI is InChI=1S/C29H34N2O6/c1-7-8-13-37-25-20-14-23(35-5)24(36-6)15-21(20)28(34)31(17-29(2,3)4)22(25)16-30-26(32)18-11-9-10-12-19(18)27(30)33/h9-12,14-15H,7-8,13,16-17H2,1-6H3. The minimum Gasteiger partial charge on any atom is -0.493 e. The van der Waals surface area contributed by atoms with Gasteiger partial charge in [0.25, 0.3) is 17.4 Å². The van der Waals surface area contributed by atoms with E-state index in [1.807, 2.05) is 20.8 Å². The molecular formula is C29H34N2O6. The van der Waals surface area contributed by atoms with Crippen molar-refractivity contribution in [2.45, 2.75) is 53.6 Å². The van der Waals surface area contributed by atoms with Crippen LogP contribution in [0.3, 0.4) is 0 Å². The van der Waals surface area contributed by atoms with E-state index in [9.17, 15) is 14.4 Å². The van der Waals surface area contributed by atoms with E-state index in [2.05, 4.69) is 6.92 Å². The highest BCUT2D eigenvalue weighted by atomic mass is 16.5. The smallest absolute Gasteiger partial charge is 0.261 e. The van der Waals surface area contributed by atoms with Crippen LogP contribution >= 0.6 is 0 Å². The molecule has 0 spiro atoms. The summed E-state index contributed by atoms with van der Waals surface area (Å²) in [4.78, 5) is 41.7. The first-order valence-electron chi connectivity index (χ1n) is 12.5. The van der Waals surface area contributed by atoms with E-state index < -0.39 is 0 Å². The van der Waals surface area contributed by atoms with Crippen LogP contribution in [0.25, 0.3) is 10.8 Å². The lowest BCUT2D eigenvalue weighted by molar-refractivity contribution is 0.0636. The Balaban J connectivity index is 1.98. The van der Waals surface area contributed by atoms with Crippen LogP contribution in [0.1, 0.15) is 66.9 Å². The zero-order chi connectivity index (χ0) is 26.9. The number of ether oxygens (including phenoxy) is 3. The van der Waals surface area contributed by atoms with Crippen LogP contribution in [-0.2, 0) is 13.1 Å². The Kier molecular flexibility index (Phi) is 7.30. The van der Waals surface area contributed by atoms with Crippen molar-refractivity contribution in [2.24, 2.45) is 5.41 Å². The molecule has 1 aliphatic heterocycles. The highest BCUT2D eigenvalue weighted by Crippen LogP contribution is 2.38. The molecule has 2 heterocycles. The second-order valence-electron chi connectivity index (χ2n) is 10.4. The molecule has 0 atom stereocenters. The summed E-state index contributed by atoms with van der Waals surface area (Å²) in [5, 5.41) is 0.968. The van der Waals surface area contributed by atoms with Gasteiger partial charge >= 0.3 is 0 Å². The fraction of sp³-hybridized carbons (Fsp3) is 0.414. The van der Waals surface area contributed by atoms with Crippen LogP contribution < -0.4 is 19.8 Å². The number of fused-ring (bicyclic) bond motifs is 2. The number of carbonyl (C=O) groups excluding carboxylic acids is 2. The van der Waals surface area contributed by atoms with Gasteiger partial charge in [-0.05, 0) is 36.1 Å². The molecule has 0 bridgehead atoms. The van der Waals surface area contributed by atoms with Crippen LogP contribution in [0.15, 0.2) is 41.2 Å². The summed E-state index contributed by atoms with van der Waals surface area (Å²) in [5.74, 6) is 0.575. The number of imide groups is 1. The molecule has 8 heteroatoms. The minimum atomic E-state index is -0.387. The molecule has 0 unspecified atom stereocenters. The highest BCUT2D eigenvalue weighted by Gasteiger charge is 2.37. The lowest BCUT2D eigenvalue weighted by Gasteiger charge is -2.27. The molecule has 0 radical (unpaired) electrons. The molecule has 3 aromatic rings. The molecule has 196 valence electrons. The Labute approximate surface area is 216 Å². The average molecular weight is 507 g/mol. The molecule has 1 aliphatic rings. The fourth-order valence-corrected chi connectivity index (χ4v) is 4.60. The van der Waals surface area contributed by atoms with Gasteiger partial charge in [-0.15, -0.1) is 0 Å². The summed E-state index contributed by atoms with van der Waals surface area (Å²) in [6.07, 6.45) is 1.73. The predicted molar refractivity (Wildman–Crippen MR) is 142 cm³/mol. The monoisotopic (exact) mass is 506 g/mol. The maximum absolute atomic E-state index is 14.0. The summed E-state index contributed by atoms with van der Waals surface area (Å²) in [7, 11) is 3.05. The number of hydrogen-bond acceptors (Lipinski definition) is 6. The number of amides is 2. The Morgan fingerprint density at radius 3 is 1.95 bits per heavy atom. The Morgan fingerprint density at radius 2 is 1.43 bits per heavy atom. The SMILES string of the molecule is CCCCOc1c(CN2C(=O)c3ccccc3C2=O)n(CC(C)(C)C)c(=O)c2cc(OC)c(OC)cc12.